The van der Waals surface area contributed by atoms with E-state index in [1.54, 1.807) is 30.3 Å². The normalized spacial score (nSPS) is 11.5. The monoisotopic (exact) mass is 429 g/mol. The molecule has 4 aromatic rings. The fraction of sp³-hybridized carbons (Fsp3) is 0.150. The van der Waals surface area contributed by atoms with Crippen molar-refractivity contribution in [2.75, 3.05) is 11.8 Å². The van der Waals surface area contributed by atoms with E-state index in [1.165, 1.54) is 18.4 Å². The Morgan fingerprint density at radius 3 is 2.72 bits per heavy atom. The van der Waals surface area contributed by atoms with Crippen molar-refractivity contribution in [1.82, 2.24) is 9.38 Å². The minimum atomic E-state index is -3.66. The Bertz CT molecular complexity index is 1230. The molecule has 0 saturated heterocycles. The number of aromatic nitrogens is 2. The van der Waals surface area contributed by atoms with Gasteiger partial charge in [-0.15, -0.1) is 11.3 Å². The highest BCUT2D eigenvalue weighted by Gasteiger charge is 2.17. The molecule has 0 saturated carbocycles. The third kappa shape index (κ3) is 4.20. The summed E-state index contributed by atoms with van der Waals surface area (Å²) in [6.07, 6.45) is 3.79. The van der Waals surface area contributed by atoms with E-state index in [9.17, 15) is 8.42 Å². The van der Waals surface area contributed by atoms with E-state index < -0.39 is 10.0 Å². The maximum absolute atomic E-state index is 12.6. The van der Waals surface area contributed by atoms with Gasteiger partial charge in [0.15, 0.2) is 11.5 Å². The number of methoxy groups -OCH3 is 1. The number of hydrogen-bond acceptors (Lipinski definition) is 6. The molecule has 0 atom stereocenters. The van der Waals surface area contributed by atoms with E-state index >= 15 is 0 Å². The Morgan fingerprint density at radius 2 is 2.00 bits per heavy atom. The minimum Gasteiger partial charge on any atom is -0.493 e. The van der Waals surface area contributed by atoms with Crippen LogP contribution in [0.1, 0.15) is 10.6 Å². The first-order valence-corrected chi connectivity index (χ1v) is 11.1. The van der Waals surface area contributed by atoms with Crippen molar-refractivity contribution in [1.29, 1.82) is 0 Å². The molecular weight excluding hydrogens is 410 g/mol. The van der Waals surface area contributed by atoms with Crippen LogP contribution in [-0.4, -0.2) is 24.9 Å². The van der Waals surface area contributed by atoms with Crippen LogP contribution in [0.15, 0.2) is 65.1 Å². The van der Waals surface area contributed by atoms with E-state index in [0.29, 0.717) is 17.2 Å². The first-order chi connectivity index (χ1) is 13.9. The fourth-order valence-corrected chi connectivity index (χ4v) is 5.16. The van der Waals surface area contributed by atoms with Crippen molar-refractivity contribution in [2.24, 2.45) is 0 Å². The van der Waals surface area contributed by atoms with Crippen LogP contribution < -0.4 is 14.2 Å². The van der Waals surface area contributed by atoms with E-state index in [2.05, 4.69) is 9.71 Å². The molecule has 3 heterocycles. The number of ether oxygens (including phenoxy) is 2. The number of nitrogens with one attached hydrogen (secondary N) is 1. The first kappa shape index (κ1) is 19.3. The molecule has 0 unspecified atom stereocenters. The van der Waals surface area contributed by atoms with Gasteiger partial charge in [-0.3, -0.25) is 4.72 Å². The molecule has 0 bridgehead atoms. The van der Waals surface area contributed by atoms with Crippen LogP contribution in [0.3, 0.4) is 0 Å². The number of fused-ring (bicyclic) bond motifs is 1. The van der Waals surface area contributed by atoms with Crippen molar-refractivity contribution < 1.29 is 17.9 Å². The van der Waals surface area contributed by atoms with Gasteiger partial charge in [0.1, 0.15) is 16.5 Å². The van der Waals surface area contributed by atoms with Gasteiger partial charge in [0.2, 0.25) is 0 Å². The number of imidazole rings is 1. The lowest BCUT2D eigenvalue weighted by atomic mass is 10.3. The Balaban J connectivity index is 1.55. The molecule has 0 aliphatic rings. The second kappa shape index (κ2) is 7.76. The molecule has 0 radical (unpaired) electrons. The van der Waals surface area contributed by atoms with Crippen LogP contribution in [0.5, 0.6) is 11.5 Å². The van der Waals surface area contributed by atoms with Crippen molar-refractivity contribution in [3.8, 4) is 11.5 Å². The Kier molecular flexibility index (Phi) is 5.16. The lowest BCUT2D eigenvalue weighted by Gasteiger charge is -2.12. The fourth-order valence-electron chi connectivity index (χ4n) is 2.82. The van der Waals surface area contributed by atoms with E-state index in [0.717, 1.165) is 16.2 Å². The smallest absolute Gasteiger partial charge is 0.271 e. The molecular formula is C20H19N3O4S2. The third-order valence-electron chi connectivity index (χ3n) is 4.19. The molecule has 7 nitrogen and oxygen atoms in total. The van der Waals surface area contributed by atoms with Crippen LogP contribution in [0.2, 0.25) is 0 Å². The van der Waals surface area contributed by atoms with Crippen molar-refractivity contribution in [3.05, 3.63) is 71.5 Å². The number of rotatable bonds is 7. The van der Waals surface area contributed by atoms with Crippen LogP contribution in [-0.2, 0) is 16.6 Å². The van der Waals surface area contributed by atoms with Crippen LogP contribution in [0.25, 0.3) is 5.65 Å². The lowest BCUT2D eigenvalue weighted by molar-refractivity contribution is 0.281. The van der Waals surface area contributed by atoms with Gasteiger partial charge in [-0.05, 0) is 43.3 Å². The largest absolute Gasteiger partial charge is 0.493 e. The molecule has 4 rings (SSSR count). The predicted molar refractivity (Wildman–Crippen MR) is 112 cm³/mol. The molecule has 150 valence electrons. The average molecular weight is 430 g/mol. The quantitative estimate of drug-likeness (QED) is 0.478. The summed E-state index contributed by atoms with van der Waals surface area (Å²) >= 11 is 1.22. The number of benzene rings is 1. The second-order valence-corrected chi connectivity index (χ2v) is 9.52. The van der Waals surface area contributed by atoms with E-state index in [4.69, 9.17) is 9.47 Å². The number of anilines is 1. The third-order valence-corrected chi connectivity index (χ3v) is 7.06. The zero-order valence-corrected chi connectivity index (χ0v) is 17.5. The zero-order chi connectivity index (χ0) is 20.4. The summed E-state index contributed by atoms with van der Waals surface area (Å²) in [6.45, 7) is 2.08. The van der Waals surface area contributed by atoms with E-state index in [-0.39, 0.29) is 10.8 Å². The van der Waals surface area contributed by atoms with Crippen LogP contribution in [0.4, 0.5) is 5.69 Å². The van der Waals surface area contributed by atoms with Gasteiger partial charge >= 0.3 is 0 Å². The molecule has 1 aromatic carbocycles. The van der Waals surface area contributed by atoms with Crippen LogP contribution >= 0.6 is 11.3 Å². The molecule has 0 fully saturated rings. The highest BCUT2D eigenvalue weighted by Crippen LogP contribution is 2.32. The highest BCUT2D eigenvalue weighted by atomic mass is 32.2. The average Bonchev–Trinajstić information content (AvgIpc) is 3.32. The maximum Gasteiger partial charge on any atom is 0.271 e. The molecule has 0 aliphatic heterocycles. The Labute approximate surface area is 172 Å². The lowest BCUT2D eigenvalue weighted by Crippen LogP contribution is -2.11. The van der Waals surface area contributed by atoms with Gasteiger partial charge in [-0.25, -0.2) is 13.4 Å². The molecule has 0 aliphatic carbocycles. The van der Waals surface area contributed by atoms with Gasteiger partial charge in [0.05, 0.1) is 18.5 Å². The molecule has 0 amide bonds. The van der Waals surface area contributed by atoms with E-state index in [1.807, 2.05) is 41.9 Å². The Morgan fingerprint density at radius 1 is 1.14 bits per heavy atom. The topological polar surface area (TPSA) is 81.9 Å². The number of pyridine rings is 1. The summed E-state index contributed by atoms with van der Waals surface area (Å²) in [6, 6.07) is 14.0. The first-order valence-electron chi connectivity index (χ1n) is 8.77. The van der Waals surface area contributed by atoms with Gasteiger partial charge in [-0.1, -0.05) is 6.07 Å². The maximum atomic E-state index is 12.6. The van der Waals surface area contributed by atoms with Gasteiger partial charge in [-0.2, -0.15) is 0 Å². The number of sulfonamides is 1. The molecule has 9 heteroatoms. The number of hydrogen-bond donors (Lipinski definition) is 1. The summed E-state index contributed by atoms with van der Waals surface area (Å²) in [7, 11) is -2.12. The van der Waals surface area contributed by atoms with Gasteiger partial charge in [0.25, 0.3) is 10.0 Å². The molecule has 1 N–H and O–H groups in total. The molecule has 3 aromatic heterocycles. The summed E-state index contributed by atoms with van der Waals surface area (Å²) in [5.74, 6) is 0.927. The van der Waals surface area contributed by atoms with Crippen molar-refractivity contribution >= 4 is 32.7 Å². The van der Waals surface area contributed by atoms with Crippen molar-refractivity contribution in [3.63, 3.8) is 0 Å². The number of thiophene rings is 1. The summed E-state index contributed by atoms with van der Waals surface area (Å²) in [5, 5.41) is 0. The zero-order valence-electron chi connectivity index (χ0n) is 15.8. The number of aryl methyl sites for hydroxylation is 1. The SMILES string of the molecule is COc1ccc(NS(=O)(=O)c2ccc(C)s2)cc1OCc1cn2ccccc2n1. The van der Waals surface area contributed by atoms with Crippen molar-refractivity contribution in [2.45, 2.75) is 17.7 Å². The summed E-state index contributed by atoms with van der Waals surface area (Å²) in [4.78, 5) is 5.42. The van der Waals surface area contributed by atoms with Gasteiger partial charge < -0.3 is 13.9 Å². The standard InChI is InChI=1S/C20H19N3O4S2/c1-14-6-9-20(28-14)29(24,25)22-15-7-8-17(26-2)18(11-15)27-13-16-12-23-10-4-3-5-19(23)21-16/h3-12,22H,13H2,1-2H3. The predicted octanol–water partition coefficient (Wildman–Crippen LogP) is 4.09. The number of nitrogens with zero attached hydrogens (tertiary/aromatic N) is 2. The molecule has 0 spiro atoms. The molecule has 29 heavy (non-hydrogen) atoms. The second-order valence-electron chi connectivity index (χ2n) is 6.32. The van der Waals surface area contributed by atoms with Crippen LogP contribution in [0, 0.1) is 6.92 Å². The summed E-state index contributed by atoms with van der Waals surface area (Å²) in [5.41, 5.74) is 1.96. The minimum absolute atomic E-state index is 0.221. The highest BCUT2D eigenvalue weighted by molar-refractivity contribution is 7.94. The van der Waals surface area contributed by atoms with Gasteiger partial charge in [0, 0.05) is 23.3 Å². The Hall–Kier alpha value is -3.04. The summed E-state index contributed by atoms with van der Waals surface area (Å²) < 4.78 is 41.1.